The molecule has 0 aromatic heterocycles. The lowest BCUT2D eigenvalue weighted by Gasteiger charge is -2.29. The van der Waals surface area contributed by atoms with E-state index in [-0.39, 0.29) is 5.82 Å². The van der Waals surface area contributed by atoms with E-state index in [0.29, 0.717) is 31.5 Å². The number of hydrogen-bond acceptors (Lipinski definition) is 4. The van der Waals surface area contributed by atoms with Gasteiger partial charge in [-0.05, 0) is 43.2 Å². The van der Waals surface area contributed by atoms with Gasteiger partial charge in [0.15, 0.2) is 5.96 Å². The van der Waals surface area contributed by atoms with Gasteiger partial charge in [0.05, 0.1) is 25.4 Å². The van der Waals surface area contributed by atoms with E-state index >= 15 is 0 Å². The summed E-state index contributed by atoms with van der Waals surface area (Å²) in [6.07, 6.45) is 1.06. The molecule has 0 radical (unpaired) electrons. The summed E-state index contributed by atoms with van der Waals surface area (Å²) in [4.78, 5) is 9.13. The lowest BCUT2D eigenvalue weighted by molar-refractivity contribution is 0.122. The highest BCUT2D eigenvalue weighted by Crippen LogP contribution is 2.22. The van der Waals surface area contributed by atoms with Crippen LogP contribution in [0.1, 0.15) is 18.9 Å². The first kappa shape index (κ1) is 21.4. The molecule has 6 nitrogen and oxygen atoms in total. The van der Waals surface area contributed by atoms with Gasteiger partial charge in [-0.15, -0.1) is 0 Å². The summed E-state index contributed by atoms with van der Waals surface area (Å²) in [5, 5.41) is 6.86. The summed E-state index contributed by atoms with van der Waals surface area (Å²) in [5.74, 6) is 0.585. The molecule has 1 atom stereocenters. The van der Waals surface area contributed by atoms with Gasteiger partial charge in [0.1, 0.15) is 5.82 Å². The summed E-state index contributed by atoms with van der Waals surface area (Å²) in [6, 6.07) is 16.3. The molecule has 2 saturated heterocycles. The molecule has 2 aromatic rings. The minimum Gasteiger partial charge on any atom is -0.378 e. The number of para-hydroxylation sites is 1. The van der Waals surface area contributed by atoms with Crippen LogP contribution in [0.25, 0.3) is 0 Å². The van der Waals surface area contributed by atoms with E-state index in [2.05, 4.69) is 46.7 Å². The molecule has 31 heavy (non-hydrogen) atoms. The average Bonchev–Trinajstić information content (AvgIpc) is 3.27. The van der Waals surface area contributed by atoms with Gasteiger partial charge in [0, 0.05) is 44.5 Å². The normalized spacial score (nSPS) is 19.5. The van der Waals surface area contributed by atoms with Crippen LogP contribution in [0, 0.1) is 5.82 Å². The third-order valence-electron chi connectivity index (χ3n) is 5.78. The molecular formula is C24H32FN5O. The lowest BCUT2D eigenvalue weighted by atomic mass is 10.1. The molecule has 0 saturated carbocycles. The molecule has 2 heterocycles. The van der Waals surface area contributed by atoms with Crippen LogP contribution in [-0.4, -0.2) is 57.9 Å². The molecule has 2 fully saturated rings. The smallest absolute Gasteiger partial charge is 0.191 e. The Kier molecular flexibility index (Phi) is 7.25. The van der Waals surface area contributed by atoms with E-state index in [1.54, 1.807) is 6.07 Å². The molecule has 2 N–H and O–H groups in total. The number of morpholine rings is 1. The van der Waals surface area contributed by atoms with E-state index in [4.69, 9.17) is 9.73 Å². The second-order valence-electron chi connectivity index (χ2n) is 7.99. The van der Waals surface area contributed by atoms with Crippen molar-refractivity contribution in [2.75, 3.05) is 55.7 Å². The fourth-order valence-corrected chi connectivity index (χ4v) is 4.14. The van der Waals surface area contributed by atoms with Crippen molar-refractivity contribution in [1.29, 1.82) is 0 Å². The number of aliphatic imine (C=N–C) groups is 1. The molecule has 2 aromatic carbocycles. The highest BCUT2D eigenvalue weighted by molar-refractivity contribution is 5.80. The molecule has 2 aliphatic rings. The summed E-state index contributed by atoms with van der Waals surface area (Å²) in [6.45, 7) is 7.98. The average molecular weight is 426 g/mol. The van der Waals surface area contributed by atoms with Gasteiger partial charge in [0.2, 0.25) is 0 Å². The zero-order valence-electron chi connectivity index (χ0n) is 18.2. The number of halogens is 1. The number of benzene rings is 2. The molecule has 0 bridgehead atoms. The Morgan fingerprint density at radius 1 is 1.10 bits per heavy atom. The van der Waals surface area contributed by atoms with Gasteiger partial charge in [-0.3, -0.25) is 0 Å². The maximum Gasteiger partial charge on any atom is 0.191 e. The first-order valence-corrected chi connectivity index (χ1v) is 11.2. The zero-order valence-corrected chi connectivity index (χ0v) is 18.2. The van der Waals surface area contributed by atoms with Crippen molar-refractivity contribution in [2.45, 2.75) is 25.9 Å². The Morgan fingerprint density at radius 3 is 2.65 bits per heavy atom. The number of guanidine groups is 1. The third kappa shape index (κ3) is 5.67. The molecule has 4 rings (SSSR count). The first-order valence-electron chi connectivity index (χ1n) is 11.2. The predicted octanol–water partition coefficient (Wildman–Crippen LogP) is 3.00. The lowest BCUT2D eigenvalue weighted by Crippen LogP contribution is -2.44. The quantitative estimate of drug-likeness (QED) is 0.551. The second-order valence-corrected chi connectivity index (χ2v) is 7.99. The van der Waals surface area contributed by atoms with Crippen LogP contribution in [-0.2, 0) is 11.3 Å². The van der Waals surface area contributed by atoms with Gasteiger partial charge in [-0.1, -0.05) is 24.3 Å². The topological polar surface area (TPSA) is 52.1 Å². The summed E-state index contributed by atoms with van der Waals surface area (Å²) in [5.41, 5.74) is 2.77. The Hall–Kier alpha value is -2.80. The minimum atomic E-state index is -0.193. The van der Waals surface area contributed by atoms with Crippen LogP contribution in [0.2, 0.25) is 0 Å². The van der Waals surface area contributed by atoms with Crippen LogP contribution < -0.4 is 20.4 Å². The van der Waals surface area contributed by atoms with Crippen LogP contribution in [0.15, 0.2) is 53.5 Å². The molecule has 0 aliphatic carbocycles. The van der Waals surface area contributed by atoms with Gasteiger partial charge >= 0.3 is 0 Å². The zero-order chi connectivity index (χ0) is 21.5. The molecule has 0 spiro atoms. The molecule has 0 amide bonds. The largest absolute Gasteiger partial charge is 0.378 e. The Balaban J connectivity index is 1.36. The third-order valence-corrected chi connectivity index (χ3v) is 5.78. The van der Waals surface area contributed by atoms with E-state index < -0.39 is 0 Å². The van der Waals surface area contributed by atoms with Gasteiger partial charge in [0.25, 0.3) is 0 Å². The van der Waals surface area contributed by atoms with Crippen molar-refractivity contribution in [2.24, 2.45) is 4.99 Å². The fourth-order valence-electron chi connectivity index (χ4n) is 4.14. The van der Waals surface area contributed by atoms with Crippen molar-refractivity contribution < 1.29 is 9.13 Å². The van der Waals surface area contributed by atoms with E-state index in [1.165, 1.54) is 5.69 Å². The number of nitrogens with one attached hydrogen (secondary N) is 2. The summed E-state index contributed by atoms with van der Waals surface area (Å²) in [7, 11) is 0. The van der Waals surface area contributed by atoms with Crippen molar-refractivity contribution >= 4 is 17.3 Å². The Morgan fingerprint density at radius 2 is 1.90 bits per heavy atom. The number of rotatable bonds is 6. The predicted molar refractivity (Wildman–Crippen MR) is 124 cm³/mol. The molecular weight excluding hydrogens is 393 g/mol. The highest BCUT2D eigenvalue weighted by atomic mass is 19.1. The van der Waals surface area contributed by atoms with Crippen molar-refractivity contribution in [1.82, 2.24) is 10.6 Å². The van der Waals surface area contributed by atoms with Crippen LogP contribution >= 0.6 is 0 Å². The minimum absolute atomic E-state index is 0.193. The number of nitrogens with zero attached hydrogens (tertiary/aromatic N) is 3. The monoisotopic (exact) mass is 425 g/mol. The van der Waals surface area contributed by atoms with E-state index in [9.17, 15) is 4.39 Å². The maximum absolute atomic E-state index is 14.7. The van der Waals surface area contributed by atoms with Crippen LogP contribution in [0.3, 0.4) is 0 Å². The second kappa shape index (κ2) is 10.5. The number of hydrogen-bond donors (Lipinski definition) is 2. The Labute approximate surface area is 184 Å². The molecule has 166 valence electrons. The summed E-state index contributed by atoms with van der Waals surface area (Å²) >= 11 is 0. The van der Waals surface area contributed by atoms with Gasteiger partial charge in [-0.2, -0.15) is 0 Å². The molecule has 1 unspecified atom stereocenters. The van der Waals surface area contributed by atoms with Crippen LogP contribution in [0.5, 0.6) is 0 Å². The van der Waals surface area contributed by atoms with E-state index in [0.717, 1.165) is 50.7 Å². The first-order chi connectivity index (χ1) is 15.2. The highest BCUT2D eigenvalue weighted by Gasteiger charge is 2.23. The Bertz CT molecular complexity index is 870. The SMILES string of the molecule is CCNC(=NCc1ccc(N2CCOCC2)c(F)c1)NC1CCN(c2ccccc2)C1. The van der Waals surface area contributed by atoms with Crippen LogP contribution in [0.4, 0.5) is 15.8 Å². The molecule has 2 aliphatic heterocycles. The van der Waals surface area contributed by atoms with Crippen molar-refractivity contribution in [3.05, 3.63) is 59.9 Å². The summed E-state index contributed by atoms with van der Waals surface area (Å²) < 4.78 is 20.0. The maximum atomic E-state index is 14.7. The van der Waals surface area contributed by atoms with Crippen molar-refractivity contribution in [3.63, 3.8) is 0 Å². The number of anilines is 2. The van der Waals surface area contributed by atoms with Crippen molar-refractivity contribution in [3.8, 4) is 0 Å². The standard InChI is InChI=1S/C24H32FN5O/c1-2-26-24(28-20-10-11-30(18-20)21-6-4-3-5-7-21)27-17-19-8-9-23(22(25)16-19)29-12-14-31-15-13-29/h3-9,16,20H,2,10-15,17-18H2,1H3,(H2,26,27,28). The molecule has 7 heteroatoms. The van der Waals surface area contributed by atoms with Gasteiger partial charge < -0.3 is 25.2 Å². The van der Waals surface area contributed by atoms with Gasteiger partial charge in [-0.25, -0.2) is 9.38 Å². The fraction of sp³-hybridized carbons (Fsp3) is 0.458. The van der Waals surface area contributed by atoms with E-state index in [1.807, 2.05) is 23.1 Å². The number of ether oxygens (including phenoxy) is 1.